The summed E-state index contributed by atoms with van der Waals surface area (Å²) in [7, 11) is 1.45. The number of amides is 1. The average molecular weight is 389 g/mol. The third-order valence-corrected chi connectivity index (χ3v) is 4.56. The second kappa shape index (κ2) is 9.36. The normalized spacial score (nSPS) is 13.3. The molecular weight excluding hydrogens is 362 g/mol. The molecule has 0 radical (unpaired) electrons. The Morgan fingerprint density at radius 1 is 1.25 bits per heavy atom. The minimum Gasteiger partial charge on any atom is -0.480 e. The quantitative estimate of drug-likeness (QED) is 0.560. The van der Waals surface area contributed by atoms with Crippen LogP contribution < -0.4 is 5.73 Å². The molecular formula is C20H27N3O5. The molecule has 8 nitrogen and oxygen atoms in total. The van der Waals surface area contributed by atoms with Crippen molar-refractivity contribution in [2.75, 3.05) is 7.05 Å². The number of rotatable bonds is 9. The van der Waals surface area contributed by atoms with E-state index in [-0.39, 0.29) is 31.3 Å². The molecule has 28 heavy (non-hydrogen) atoms. The summed E-state index contributed by atoms with van der Waals surface area (Å²) in [6.07, 6.45) is 1.70. The number of carbonyl (C=O) groups excluding carboxylic acids is 2. The van der Waals surface area contributed by atoms with Crippen LogP contribution in [0, 0.1) is 0 Å². The second-order valence-corrected chi connectivity index (χ2v) is 7.05. The van der Waals surface area contributed by atoms with Crippen molar-refractivity contribution in [3.05, 3.63) is 36.0 Å². The number of carbonyl (C=O) groups is 3. The van der Waals surface area contributed by atoms with Gasteiger partial charge >= 0.3 is 11.9 Å². The zero-order valence-electron chi connectivity index (χ0n) is 16.3. The van der Waals surface area contributed by atoms with Gasteiger partial charge in [-0.25, -0.2) is 4.79 Å². The molecule has 1 heterocycles. The summed E-state index contributed by atoms with van der Waals surface area (Å²) in [6.45, 7) is 3.43. The molecule has 0 unspecified atom stereocenters. The highest BCUT2D eigenvalue weighted by Gasteiger charge is 2.28. The predicted octanol–water partition coefficient (Wildman–Crippen LogP) is 1.68. The number of likely N-dealkylation sites (N-methyl/N-ethyl adjacent to an activating group) is 1. The molecule has 0 saturated heterocycles. The highest BCUT2D eigenvalue weighted by Crippen LogP contribution is 2.21. The SMILES string of the molecule is CC(C)OC(=O)[C@H](N)CCC(=O)N(C)[C@H](Cc1c[nH]c2ccccc12)C(=O)O. The number of ether oxygens (including phenoxy) is 1. The molecule has 0 bridgehead atoms. The van der Waals surface area contributed by atoms with Crippen LogP contribution in [0.25, 0.3) is 10.9 Å². The molecule has 2 aromatic rings. The molecule has 1 amide bonds. The minimum atomic E-state index is -1.09. The van der Waals surface area contributed by atoms with Crippen molar-refractivity contribution >= 4 is 28.7 Å². The highest BCUT2D eigenvalue weighted by molar-refractivity contribution is 5.87. The summed E-state index contributed by atoms with van der Waals surface area (Å²) >= 11 is 0. The lowest BCUT2D eigenvalue weighted by Gasteiger charge is -2.25. The largest absolute Gasteiger partial charge is 0.480 e. The lowest BCUT2D eigenvalue weighted by Crippen LogP contribution is -2.44. The van der Waals surface area contributed by atoms with Gasteiger partial charge in [0.25, 0.3) is 0 Å². The van der Waals surface area contributed by atoms with Crippen LogP contribution in [0.2, 0.25) is 0 Å². The maximum atomic E-state index is 12.5. The molecule has 0 fully saturated rings. The molecule has 4 N–H and O–H groups in total. The van der Waals surface area contributed by atoms with E-state index in [9.17, 15) is 19.5 Å². The van der Waals surface area contributed by atoms with Crippen molar-refractivity contribution < 1.29 is 24.2 Å². The van der Waals surface area contributed by atoms with Crippen LogP contribution >= 0.6 is 0 Å². The van der Waals surface area contributed by atoms with Crippen molar-refractivity contribution in [1.82, 2.24) is 9.88 Å². The number of benzene rings is 1. The van der Waals surface area contributed by atoms with E-state index in [1.165, 1.54) is 11.9 Å². The van der Waals surface area contributed by atoms with E-state index >= 15 is 0 Å². The van der Waals surface area contributed by atoms with Gasteiger partial charge < -0.3 is 25.5 Å². The number of nitrogens with zero attached hydrogens (tertiary/aromatic N) is 1. The van der Waals surface area contributed by atoms with Gasteiger partial charge in [0.2, 0.25) is 5.91 Å². The fourth-order valence-corrected chi connectivity index (χ4v) is 2.97. The van der Waals surface area contributed by atoms with Crippen molar-refractivity contribution in [2.45, 2.75) is 51.3 Å². The van der Waals surface area contributed by atoms with E-state index < -0.39 is 24.0 Å². The van der Waals surface area contributed by atoms with Crippen LogP contribution in [-0.4, -0.2) is 58.1 Å². The number of aromatic amines is 1. The van der Waals surface area contributed by atoms with E-state index in [2.05, 4.69) is 4.98 Å². The molecule has 0 aliphatic rings. The zero-order valence-corrected chi connectivity index (χ0v) is 16.3. The van der Waals surface area contributed by atoms with E-state index in [1.54, 1.807) is 20.0 Å². The summed E-state index contributed by atoms with van der Waals surface area (Å²) < 4.78 is 5.02. The first kappa shape index (κ1) is 21.4. The van der Waals surface area contributed by atoms with Gasteiger partial charge in [0, 0.05) is 37.0 Å². The Hall–Kier alpha value is -2.87. The number of H-pyrrole nitrogens is 1. The van der Waals surface area contributed by atoms with Crippen LogP contribution in [0.3, 0.4) is 0 Å². The predicted molar refractivity (Wildman–Crippen MR) is 105 cm³/mol. The van der Waals surface area contributed by atoms with Gasteiger partial charge in [-0.05, 0) is 31.9 Å². The first-order valence-corrected chi connectivity index (χ1v) is 9.20. The van der Waals surface area contributed by atoms with Gasteiger partial charge in [0.1, 0.15) is 12.1 Å². The third kappa shape index (κ3) is 5.32. The van der Waals surface area contributed by atoms with E-state index in [4.69, 9.17) is 10.5 Å². The number of nitrogens with one attached hydrogen (secondary N) is 1. The Morgan fingerprint density at radius 2 is 1.93 bits per heavy atom. The first-order valence-electron chi connectivity index (χ1n) is 9.20. The number of hydrogen-bond acceptors (Lipinski definition) is 5. The molecule has 2 atom stereocenters. The Balaban J connectivity index is 2.02. The van der Waals surface area contributed by atoms with Crippen molar-refractivity contribution in [3.8, 4) is 0 Å². The number of carboxylic acid groups (broad SMARTS) is 1. The number of hydrogen-bond donors (Lipinski definition) is 3. The van der Waals surface area contributed by atoms with Gasteiger partial charge in [-0.3, -0.25) is 9.59 Å². The van der Waals surface area contributed by atoms with Crippen molar-refractivity contribution in [2.24, 2.45) is 5.73 Å². The monoisotopic (exact) mass is 389 g/mol. The minimum absolute atomic E-state index is 0.0392. The molecule has 1 aromatic heterocycles. The summed E-state index contributed by atoms with van der Waals surface area (Å²) in [5, 5.41) is 10.5. The van der Waals surface area contributed by atoms with Gasteiger partial charge in [-0.15, -0.1) is 0 Å². The second-order valence-electron chi connectivity index (χ2n) is 7.05. The lowest BCUT2D eigenvalue weighted by molar-refractivity contribution is -0.151. The Labute approximate surface area is 163 Å². The number of carboxylic acids is 1. The fraction of sp³-hybridized carbons (Fsp3) is 0.450. The number of para-hydroxylation sites is 1. The van der Waals surface area contributed by atoms with Crippen LogP contribution in [-0.2, 0) is 25.5 Å². The van der Waals surface area contributed by atoms with Crippen molar-refractivity contribution in [3.63, 3.8) is 0 Å². The first-order chi connectivity index (χ1) is 13.2. The topological polar surface area (TPSA) is 126 Å². The van der Waals surface area contributed by atoms with Crippen molar-refractivity contribution in [1.29, 1.82) is 0 Å². The molecule has 0 aliphatic heterocycles. The molecule has 1 aromatic carbocycles. The number of aromatic nitrogens is 1. The average Bonchev–Trinajstić information content (AvgIpc) is 3.05. The highest BCUT2D eigenvalue weighted by atomic mass is 16.5. The van der Waals surface area contributed by atoms with Crippen LogP contribution in [0.5, 0.6) is 0 Å². The molecule has 0 aliphatic carbocycles. The number of fused-ring (bicyclic) bond motifs is 1. The summed E-state index contributed by atoms with van der Waals surface area (Å²) in [6, 6.07) is 5.63. The van der Waals surface area contributed by atoms with Gasteiger partial charge in [-0.1, -0.05) is 18.2 Å². The maximum absolute atomic E-state index is 12.5. The van der Waals surface area contributed by atoms with Crippen LogP contribution in [0.4, 0.5) is 0 Å². The number of esters is 1. The molecule has 2 rings (SSSR count). The van der Waals surface area contributed by atoms with Gasteiger partial charge in [0.05, 0.1) is 6.10 Å². The molecule has 8 heteroatoms. The molecule has 152 valence electrons. The van der Waals surface area contributed by atoms with E-state index in [1.807, 2.05) is 24.3 Å². The molecule has 0 saturated carbocycles. The zero-order chi connectivity index (χ0) is 20.8. The summed E-state index contributed by atoms with van der Waals surface area (Å²) in [5.41, 5.74) is 7.48. The summed E-state index contributed by atoms with van der Waals surface area (Å²) in [5.74, 6) is -2.05. The van der Waals surface area contributed by atoms with Crippen LogP contribution in [0.15, 0.2) is 30.5 Å². The van der Waals surface area contributed by atoms with Crippen LogP contribution in [0.1, 0.15) is 32.3 Å². The standard InChI is InChI=1S/C20H27N3O5/c1-12(2)28-20(27)15(21)8-9-18(24)23(3)17(19(25)26)10-13-11-22-16-7-5-4-6-14(13)16/h4-7,11-12,15,17,22H,8-10,21H2,1-3H3,(H,25,26)/t15-,17-/m1/s1. The maximum Gasteiger partial charge on any atom is 0.326 e. The Bertz CT molecular complexity index is 845. The smallest absolute Gasteiger partial charge is 0.326 e. The number of nitrogens with two attached hydrogens (primary N) is 1. The number of aliphatic carboxylic acids is 1. The Kier molecular flexibility index (Phi) is 7.17. The Morgan fingerprint density at radius 3 is 2.57 bits per heavy atom. The van der Waals surface area contributed by atoms with Gasteiger partial charge in [0.15, 0.2) is 0 Å². The fourth-order valence-electron chi connectivity index (χ4n) is 2.97. The molecule has 0 spiro atoms. The lowest BCUT2D eigenvalue weighted by atomic mass is 10.0. The third-order valence-electron chi connectivity index (χ3n) is 4.56. The van der Waals surface area contributed by atoms with E-state index in [0.29, 0.717) is 0 Å². The van der Waals surface area contributed by atoms with Gasteiger partial charge in [-0.2, -0.15) is 0 Å². The summed E-state index contributed by atoms with van der Waals surface area (Å²) in [4.78, 5) is 40.3. The van der Waals surface area contributed by atoms with E-state index in [0.717, 1.165) is 16.5 Å².